The summed E-state index contributed by atoms with van der Waals surface area (Å²) in [5.41, 5.74) is 1.36. The molecule has 1 heterocycles. The highest BCUT2D eigenvalue weighted by atomic mass is 19.1. The Morgan fingerprint density at radius 1 is 1.53 bits per heavy atom. The van der Waals surface area contributed by atoms with Gasteiger partial charge in [-0.05, 0) is 19.4 Å². The van der Waals surface area contributed by atoms with Crippen molar-refractivity contribution in [3.63, 3.8) is 0 Å². The van der Waals surface area contributed by atoms with Crippen LogP contribution in [0.4, 0.5) is 4.39 Å². The van der Waals surface area contributed by atoms with Gasteiger partial charge in [0.25, 0.3) is 0 Å². The molecule has 1 saturated heterocycles. The molecule has 15 heavy (non-hydrogen) atoms. The van der Waals surface area contributed by atoms with E-state index in [0.717, 1.165) is 12.0 Å². The number of halogens is 1. The molecule has 0 aliphatic carbocycles. The molecular weight excluding hydrogens is 195 g/mol. The summed E-state index contributed by atoms with van der Waals surface area (Å²) in [6.45, 7) is 3.07. The molecule has 2 nitrogen and oxygen atoms in total. The van der Waals surface area contributed by atoms with Gasteiger partial charge in [0.15, 0.2) is 0 Å². The first-order chi connectivity index (χ1) is 7.18. The molecular formula is C12H15FO2. The molecule has 1 fully saturated rings. The zero-order valence-electron chi connectivity index (χ0n) is 8.74. The second-order valence-electron chi connectivity index (χ2n) is 4.09. The van der Waals surface area contributed by atoms with Gasteiger partial charge in [0.1, 0.15) is 5.82 Å². The van der Waals surface area contributed by atoms with Crippen molar-refractivity contribution in [2.24, 2.45) is 5.92 Å². The SMILES string of the molecule is Cc1ccc(F)c(C(O)C2CCOC2)c1. The fraction of sp³-hybridized carbons (Fsp3) is 0.500. The van der Waals surface area contributed by atoms with Crippen LogP contribution in [-0.4, -0.2) is 18.3 Å². The van der Waals surface area contributed by atoms with E-state index in [-0.39, 0.29) is 11.7 Å². The highest BCUT2D eigenvalue weighted by Gasteiger charge is 2.27. The normalized spacial score (nSPS) is 23.0. The van der Waals surface area contributed by atoms with E-state index < -0.39 is 6.10 Å². The Bertz CT molecular complexity index is 345. The molecule has 1 aliphatic heterocycles. The minimum atomic E-state index is -0.743. The number of hydrogen-bond acceptors (Lipinski definition) is 2. The van der Waals surface area contributed by atoms with Crippen LogP contribution in [0, 0.1) is 18.7 Å². The Balaban J connectivity index is 2.23. The molecule has 2 unspecified atom stereocenters. The third kappa shape index (κ3) is 2.19. The molecule has 0 bridgehead atoms. The molecule has 3 heteroatoms. The van der Waals surface area contributed by atoms with E-state index in [0.29, 0.717) is 18.8 Å². The number of benzene rings is 1. The summed E-state index contributed by atoms with van der Waals surface area (Å²) in [5.74, 6) is -0.304. The largest absolute Gasteiger partial charge is 0.388 e. The van der Waals surface area contributed by atoms with Gasteiger partial charge in [-0.2, -0.15) is 0 Å². The minimum Gasteiger partial charge on any atom is -0.388 e. The fourth-order valence-corrected chi connectivity index (χ4v) is 1.95. The first kappa shape index (κ1) is 10.6. The lowest BCUT2D eigenvalue weighted by atomic mass is 9.94. The van der Waals surface area contributed by atoms with Gasteiger partial charge in [-0.25, -0.2) is 4.39 Å². The molecule has 1 aromatic carbocycles. The smallest absolute Gasteiger partial charge is 0.129 e. The topological polar surface area (TPSA) is 29.5 Å². The lowest BCUT2D eigenvalue weighted by Gasteiger charge is -2.17. The van der Waals surface area contributed by atoms with Crippen LogP contribution in [0.3, 0.4) is 0 Å². The van der Waals surface area contributed by atoms with Crippen molar-refractivity contribution in [3.05, 3.63) is 35.1 Å². The summed E-state index contributed by atoms with van der Waals surface area (Å²) < 4.78 is 18.7. The predicted octanol–water partition coefficient (Wildman–Crippen LogP) is 2.20. The minimum absolute atomic E-state index is 0.0290. The lowest BCUT2D eigenvalue weighted by molar-refractivity contribution is 0.0889. The van der Waals surface area contributed by atoms with E-state index >= 15 is 0 Å². The van der Waals surface area contributed by atoms with Crippen LogP contribution in [0.1, 0.15) is 23.7 Å². The zero-order chi connectivity index (χ0) is 10.8. The van der Waals surface area contributed by atoms with E-state index in [4.69, 9.17) is 4.74 Å². The third-order valence-corrected chi connectivity index (χ3v) is 2.88. The number of aliphatic hydroxyl groups is 1. The van der Waals surface area contributed by atoms with Crippen molar-refractivity contribution in [2.45, 2.75) is 19.4 Å². The van der Waals surface area contributed by atoms with Gasteiger partial charge in [0.2, 0.25) is 0 Å². The Morgan fingerprint density at radius 3 is 3.00 bits per heavy atom. The Hall–Kier alpha value is -0.930. The average Bonchev–Trinajstić information content (AvgIpc) is 2.74. The lowest BCUT2D eigenvalue weighted by Crippen LogP contribution is -2.14. The molecule has 0 radical (unpaired) electrons. The van der Waals surface area contributed by atoms with E-state index in [1.807, 2.05) is 6.92 Å². The van der Waals surface area contributed by atoms with Crippen LogP contribution in [0.25, 0.3) is 0 Å². The van der Waals surface area contributed by atoms with Gasteiger partial charge in [-0.3, -0.25) is 0 Å². The van der Waals surface area contributed by atoms with E-state index in [2.05, 4.69) is 0 Å². The number of hydrogen-bond donors (Lipinski definition) is 1. The summed E-state index contributed by atoms with van der Waals surface area (Å²) in [5, 5.41) is 10.0. The van der Waals surface area contributed by atoms with Crippen molar-refractivity contribution in [1.29, 1.82) is 0 Å². The van der Waals surface area contributed by atoms with Gasteiger partial charge in [0, 0.05) is 18.1 Å². The highest BCUT2D eigenvalue weighted by Crippen LogP contribution is 2.30. The quantitative estimate of drug-likeness (QED) is 0.810. The van der Waals surface area contributed by atoms with Crippen LogP contribution in [0.5, 0.6) is 0 Å². The van der Waals surface area contributed by atoms with Gasteiger partial charge in [-0.15, -0.1) is 0 Å². The van der Waals surface area contributed by atoms with Gasteiger partial charge in [0.05, 0.1) is 12.7 Å². The second-order valence-corrected chi connectivity index (χ2v) is 4.09. The zero-order valence-corrected chi connectivity index (χ0v) is 8.74. The molecule has 0 amide bonds. The maximum atomic E-state index is 13.5. The van der Waals surface area contributed by atoms with Crippen LogP contribution >= 0.6 is 0 Å². The van der Waals surface area contributed by atoms with Crippen molar-refractivity contribution in [3.8, 4) is 0 Å². The van der Waals surface area contributed by atoms with Crippen LogP contribution in [-0.2, 0) is 4.74 Å². The van der Waals surface area contributed by atoms with Crippen LogP contribution in [0.2, 0.25) is 0 Å². The Labute approximate surface area is 88.7 Å². The van der Waals surface area contributed by atoms with Crippen molar-refractivity contribution in [1.82, 2.24) is 0 Å². The monoisotopic (exact) mass is 210 g/mol. The molecule has 82 valence electrons. The van der Waals surface area contributed by atoms with E-state index in [9.17, 15) is 9.50 Å². The van der Waals surface area contributed by atoms with Crippen LogP contribution in [0.15, 0.2) is 18.2 Å². The number of aryl methyl sites for hydroxylation is 1. The van der Waals surface area contributed by atoms with Crippen molar-refractivity contribution < 1.29 is 14.2 Å². The highest BCUT2D eigenvalue weighted by molar-refractivity contribution is 5.26. The standard InChI is InChI=1S/C12H15FO2/c1-8-2-3-11(13)10(6-8)12(14)9-4-5-15-7-9/h2-3,6,9,12,14H,4-5,7H2,1H3. The van der Waals surface area contributed by atoms with Gasteiger partial charge < -0.3 is 9.84 Å². The fourth-order valence-electron chi connectivity index (χ4n) is 1.95. The average molecular weight is 210 g/mol. The molecule has 1 N–H and O–H groups in total. The Morgan fingerprint density at radius 2 is 2.33 bits per heavy atom. The number of ether oxygens (including phenoxy) is 1. The van der Waals surface area contributed by atoms with Crippen molar-refractivity contribution >= 4 is 0 Å². The summed E-state index contributed by atoms with van der Waals surface area (Å²) in [4.78, 5) is 0. The molecule has 0 spiro atoms. The number of rotatable bonds is 2. The second kappa shape index (κ2) is 4.29. The van der Waals surface area contributed by atoms with Crippen molar-refractivity contribution in [2.75, 3.05) is 13.2 Å². The molecule has 2 rings (SSSR count). The van der Waals surface area contributed by atoms with E-state index in [1.165, 1.54) is 6.07 Å². The molecule has 2 atom stereocenters. The first-order valence-corrected chi connectivity index (χ1v) is 5.20. The molecule has 0 saturated carbocycles. The maximum Gasteiger partial charge on any atom is 0.129 e. The third-order valence-electron chi connectivity index (χ3n) is 2.88. The van der Waals surface area contributed by atoms with Crippen LogP contribution < -0.4 is 0 Å². The molecule has 1 aromatic rings. The predicted molar refractivity (Wildman–Crippen MR) is 55.0 cm³/mol. The first-order valence-electron chi connectivity index (χ1n) is 5.20. The number of aliphatic hydroxyl groups excluding tert-OH is 1. The summed E-state index contributed by atoms with van der Waals surface area (Å²) >= 11 is 0. The van der Waals surface area contributed by atoms with Gasteiger partial charge >= 0.3 is 0 Å². The van der Waals surface area contributed by atoms with Gasteiger partial charge in [-0.1, -0.05) is 17.7 Å². The summed E-state index contributed by atoms with van der Waals surface area (Å²) in [7, 11) is 0. The molecule has 1 aliphatic rings. The van der Waals surface area contributed by atoms with E-state index in [1.54, 1.807) is 12.1 Å². The summed E-state index contributed by atoms with van der Waals surface area (Å²) in [6, 6.07) is 4.82. The Kier molecular flexibility index (Phi) is 3.03. The summed E-state index contributed by atoms with van der Waals surface area (Å²) in [6.07, 6.45) is 0.0570. The maximum absolute atomic E-state index is 13.5. The molecule has 0 aromatic heterocycles.